The van der Waals surface area contributed by atoms with Crippen molar-refractivity contribution in [2.45, 2.75) is 37.5 Å². The first-order chi connectivity index (χ1) is 5.38. The van der Waals surface area contributed by atoms with Gasteiger partial charge in [-0.1, -0.05) is 32.5 Å². The normalized spacial score (nSPS) is 12.0. The molecule has 0 aliphatic rings. The lowest BCUT2D eigenvalue weighted by Gasteiger charge is -2.15. The van der Waals surface area contributed by atoms with Gasteiger partial charge in [-0.25, -0.2) is 4.98 Å². The van der Waals surface area contributed by atoms with Gasteiger partial charge in [0.25, 0.3) is 0 Å². The Morgan fingerprint density at radius 1 is 1.42 bits per heavy atom. The molecule has 0 unspecified atom stereocenters. The van der Waals surface area contributed by atoms with Crippen molar-refractivity contribution in [3.63, 3.8) is 0 Å². The van der Waals surface area contributed by atoms with Crippen LogP contribution in [0.5, 0.6) is 0 Å². The van der Waals surface area contributed by atoms with E-state index in [1.54, 1.807) is 11.8 Å². The number of H-pyrrole nitrogens is 1. The van der Waals surface area contributed by atoms with Crippen LogP contribution < -0.4 is 5.73 Å². The molecule has 0 aromatic carbocycles. The first-order valence-electron chi connectivity index (χ1n) is 3.89. The molecule has 0 amide bonds. The minimum absolute atomic E-state index is 0.162. The lowest BCUT2D eigenvalue weighted by atomic mass is 10.3. The van der Waals surface area contributed by atoms with Crippen LogP contribution in [0.3, 0.4) is 0 Å². The molecule has 1 aromatic rings. The van der Waals surface area contributed by atoms with Gasteiger partial charge < -0.3 is 10.7 Å². The van der Waals surface area contributed by atoms with Gasteiger partial charge in [0, 0.05) is 4.75 Å². The topological polar surface area (TPSA) is 54.7 Å². The molecule has 1 aromatic heterocycles. The molecule has 0 aliphatic heterocycles. The summed E-state index contributed by atoms with van der Waals surface area (Å²) in [5.41, 5.74) is 5.71. The Morgan fingerprint density at radius 3 is 2.33 bits per heavy atom. The lowest BCUT2D eigenvalue weighted by molar-refractivity contribution is 0.800. The van der Waals surface area contributed by atoms with Crippen molar-refractivity contribution < 1.29 is 0 Å². The van der Waals surface area contributed by atoms with Gasteiger partial charge in [-0.2, -0.15) is 0 Å². The summed E-state index contributed by atoms with van der Waals surface area (Å²) in [6.07, 6.45) is 0. The van der Waals surface area contributed by atoms with Crippen LogP contribution in [0.25, 0.3) is 0 Å². The zero-order valence-electron chi connectivity index (χ0n) is 7.93. The highest BCUT2D eigenvalue weighted by molar-refractivity contribution is 8.00. The lowest BCUT2D eigenvalue weighted by Crippen LogP contribution is -2.07. The Balaban J connectivity index is 2.82. The molecule has 0 aliphatic carbocycles. The second kappa shape index (κ2) is 3.01. The van der Waals surface area contributed by atoms with E-state index in [0.717, 1.165) is 10.9 Å². The minimum atomic E-state index is 0.162. The van der Waals surface area contributed by atoms with Crippen molar-refractivity contribution in [3.8, 4) is 0 Å². The highest BCUT2D eigenvalue weighted by Crippen LogP contribution is 2.33. The average Bonchev–Trinajstić information content (AvgIpc) is 2.06. The summed E-state index contributed by atoms with van der Waals surface area (Å²) >= 11 is 1.68. The number of nitrogens with zero attached hydrogens (tertiary/aromatic N) is 1. The number of aromatic nitrogens is 2. The maximum atomic E-state index is 5.71. The molecule has 0 saturated carbocycles. The Hall–Kier alpha value is -0.640. The van der Waals surface area contributed by atoms with E-state index >= 15 is 0 Å². The third-order valence-corrected chi connectivity index (χ3v) is 2.34. The quantitative estimate of drug-likeness (QED) is 0.659. The number of anilines is 1. The number of nitrogens with one attached hydrogen (secondary N) is 1. The molecule has 12 heavy (non-hydrogen) atoms. The molecule has 1 heterocycles. The van der Waals surface area contributed by atoms with E-state index in [4.69, 9.17) is 5.73 Å². The van der Waals surface area contributed by atoms with Crippen molar-refractivity contribution in [3.05, 3.63) is 5.82 Å². The van der Waals surface area contributed by atoms with Crippen LogP contribution in [-0.2, 0) is 0 Å². The number of hydrogen-bond acceptors (Lipinski definition) is 3. The smallest absolute Gasteiger partial charge is 0.139 e. The fourth-order valence-electron chi connectivity index (χ4n) is 0.857. The zero-order chi connectivity index (χ0) is 9.35. The maximum Gasteiger partial charge on any atom is 0.139 e. The van der Waals surface area contributed by atoms with E-state index in [2.05, 4.69) is 30.7 Å². The predicted molar refractivity (Wildman–Crippen MR) is 53.3 cm³/mol. The zero-order valence-corrected chi connectivity index (χ0v) is 8.75. The SMILES string of the molecule is Cc1nc(SC(C)(C)C)c(N)[nH]1. The molecule has 0 spiro atoms. The Bertz CT molecular complexity index is 272. The molecule has 3 nitrogen and oxygen atoms in total. The summed E-state index contributed by atoms with van der Waals surface area (Å²) in [6.45, 7) is 8.33. The molecule has 0 atom stereocenters. The van der Waals surface area contributed by atoms with Crippen molar-refractivity contribution in [1.82, 2.24) is 9.97 Å². The number of rotatable bonds is 1. The van der Waals surface area contributed by atoms with Crippen LogP contribution in [0, 0.1) is 6.92 Å². The second-order valence-electron chi connectivity index (χ2n) is 3.76. The van der Waals surface area contributed by atoms with Crippen molar-refractivity contribution in [1.29, 1.82) is 0 Å². The molecule has 3 N–H and O–H groups in total. The van der Waals surface area contributed by atoms with Gasteiger partial charge in [0.2, 0.25) is 0 Å². The van der Waals surface area contributed by atoms with Crippen LogP contribution in [0.15, 0.2) is 5.03 Å². The summed E-state index contributed by atoms with van der Waals surface area (Å²) in [6, 6.07) is 0. The third kappa shape index (κ3) is 2.44. The monoisotopic (exact) mass is 185 g/mol. The molecular weight excluding hydrogens is 170 g/mol. The number of nitrogens with two attached hydrogens (primary N) is 1. The standard InChI is InChI=1S/C8H15N3S/c1-5-10-6(9)7(11-5)12-8(2,3)4/h9H2,1-4H3,(H,10,11). The minimum Gasteiger partial charge on any atom is -0.383 e. The van der Waals surface area contributed by atoms with Gasteiger partial charge in [-0.3, -0.25) is 0 Å². The molecule has 1 rings (SSSR count). The number of thioether (sulfide) groups is 1. The Labute approximate surface area is 77.1 Å². The van der Waals surface area contributed by atoms with Crippen LogP contribution in [0.2, 0.25) is 0 Å². The molecule has 0 bridgehead atoms. The molecular formula is C8H15N3S. The number of nitrogen functional groups attached to an aromatic ring is 1. The van der Waals surface area contributed by atoms with Gasteiger partial charge in [0.15, 0.2) is 0 Å². The first kappa shape index (κ1) is 9.45. The maximum absolute atomic E-state index is 5.71. The van der Waals surface area contributed by atoms with Crippen LogP contribution >= 0.6 is 11.8 Å². The van der Waals surface area contributed by atoms with Gasteiger partial charge in [-0.15, -0.1) is 0 Å². The van der Waals surface area contributed by atoms with E-state index in [1.807, 2.05) is 6.92 Å². The largest absolute Gasteiger partial charge is 0.383 e. The molecule has 0 fully saturated rings. The Kier molecular flexibility index (Phi) is 2.37. The second-order valence-corrected chi connectivity index (χ2v) is 5.57. The summed E-state index contributed by atoms with van der Waals surface area (Å²) in [7, 11) is 0. The van der Waals surface area contributed by atoms with Crippen molar-refractivity contribution >= 4 is 17.6 Å². The Morgan fingerprint density at radius 2 is 2.00 bits per heavy atom. The highest BCUT2D eigenvalue weighted by atomic mass is 32.2. The van der Waals surface area contributed by atoms with Gasteiger partial charge in [-0.05, 0) is 6.92 Å². The summed E-state index contributed by atoms with van der Waals surface area (Å²) in [4.78, 5) is 7.25. The number of aryl methyl sites for hydroxylation is 1. The van der Waals surface area contributed by atoms with Crippen LogP contribution in [0.4, 0.5) is 5.82 Å². The van der Waals surface area contributed by atoms with Gasteiger partial charge in [0.05, 0.1) is 0 Å². The van der Waals surface area contributed by atoms with Gasteiger partial charge in [0.1, 0.15) is 16.7 Å². The molecule has 4 heteroatoms. The average molecular weight is 185 g/mol. The highest BCUT2D eigenvalue weighted by Gasteiger charge is 2.16. The van der Waals surface area contributed by atoms with E-state index in [1.165, 1.54) is 0 Å². The fraction of sp³-hybridized carbons (Fsp3) is 0.625. The van der Waals surface area contributed by atoms with Gasteiger partial charge >= 0.3 is 0 Å². The fourth-order valence-corrected chi connectivity index (χ4v) is 1.78. The van der Waals surface area contributed by atoms with E-state index in [0.29, 0.717) is 5.82 Å². The summed E-state index contributed by atoms with van der Waals surface area (Å²) in [5.74, 6) is 1.55. The van der Waals surface area contributed by atoms with E-state index in [-0.39, 0.29) is 4.75 Å². The summed E-state index contributed by atoms with van der Waals surface area (Å²) in [5, 5.41) is 0.903. The molecule has 68 valence electrons. The van der Waals surface area contributed by atoms with Crippen molar-refractivity contribution in [2.75, 3.05) is 5.73 Å². The number of imidazole rings is 1. The third-order valence-electron chi connectivity index (χ3n) is 1.22. The van der Waals surface area contributed by atoms with Crippen LogP contribution in [0.1, 0.15) is 26.6 Å². The number of hydrogen-bond donors (Lipinski definition) is 2. The van der Waals surface area contributed by atoms with E-state index < -0.39 is 0 Å². The van der Waals surface area contributed by atoms with E-state index in [9.17, 15) is 0 Å². The van der Waals surface area contributed by atoms with Crippen LogP contribution in [-0.4, -0.2) is 14.7 Å². The first-order valence-corrected chi connectivity index (χ1v) is 4.71. The van der Waals surface area contributed by atoms with Crippen molar-refractivity contribution in [2.24, 2.45) is 0 Å². The number of aromatic amines is 1. The molecule has 0 saturated heterocycles. The molecule has 0 radical (unpaired) electrons. The predicted octanol–water partition coefficient (Wildman–Crippen LogP) is 2.19. The summed E-state index contributed by atoms with van der Waals surface area (Å²) < 4.78 is 0.162.